The predicted octanol–water partition coefficient (Wildman–Crippen LogP) is 4.27. The molecule has 0 unspecified atom stereocenters. The van der Waals surface area contributed by atoms with Gasteiger partial charge in [0.05, 0.1) is 12.2 Å². The van der Waals surface area contributed by atoms with Crippen LogP contribution in [0.4, 0.5) is 10.1 Å². The Morgan fingerprint density at radius 1 is 1.04 bits per heavy atom. The Hall–Kier alpha value is -3.13. The summed E-state index contributed by atoms with van der Waals surface area (Å²) in [4.78, 5) is 14.5. The number of rotatable bonds is 2. The predicted molar refractivity (Wildman–Crippen MR) is 106 cm³/mol. The van der Waals surface area contributed by atoms with Crippen LogP contribution in [0.5, 0.6) is 0 Å². The average Bonchev–Trinajstić information content (AvgIpc) is 2.89. The van der Waals surface area contributed by atoms with Crippen molar-refractivity contribution in [3.63, 3.8) is 0 Å². The lowest BCUT2D eigenvalue weighted by molar-refractivity contribution is -0.130. The van der Waals surface area contributed by atoms with Crippen LogP contribution in [0, 0.1) is 17.7 Å². The van der Waals surface area contributed by atoms with E-state index in [1.165, 1.54) is 17.0 Å². The molecule has 1 aliphatic heterocycles. The number of amides is 1. The number of carbonyl (C=O) groups excluding carboxylic acids is 1. The Labute approximate surface area is 167 Å². The number of halogens is 2. The van der Waals surface area contributed by atoms with Gasteiger partial charge in [0.1, 0.15) is 5.82 Å². The maximum Gasteiger partial charge on any atom is 0.276 e. The van der Waals surface area contributed by atoms with E-state index in [2.05, 4.69) is 11.8 Å². The summed E-state index contributed by atoms with van der Waals surface area (Å²) in [6.07, 6.45) is 0. The van der Waals surface area contributed by atoms with Gasteiger partial charge in [0.15, 0.2) is 0 Å². The van der Waals surface area contributed by atoms with Gasteiger partial charge in [-0.2, -0.15) is 0 Å². The zero-order valence-corrected chi connectivity index (χ0v) is 15.4. The first-order chi connectivity index (χ1) is 13.5. The molecule has 28 heavy (non-hydrogen) atoms. The Morgan fingerprint density at radius 2 is 1.82 bits per heavy atom. The highest BCUT2D eigenvalue weighted by Crippen LogP contribution is 2.41. The second kappa shape index (κ2) is 7.12. The first-order valence-corrected chi connectivity index (χ1v) is 9.02. The number of carbonyl (C=O) groups is 1. The van der Waals surface area contributed by atoms with Crippen LogP contribution in [0.3, 0.4) is 0 Å². The lowest BCUT2D eigenvalue weighted by atomic mass is 9.95. The van der Waals surface area contributed by atoms with Gasteiger partial charge >= 0.3 is 0 Å². The van der Waals surface area contributed by atoms with E-state index in [4.69, 9.17) is 11.6 Å². The second-order valence-corrected chi connectivity index (χ2v) is 6.95. The van der Waals surface area contributed by atoms with E-state index in [0.29, 0.717) is 16.3 Å². The zero-order chi connectivity index (χ0) is 19.7. The summed E-state index contributed by atoms with van der Waals surface area (Å²) < 4.78 is 13.9. The molecule has 4 rings (SSSR count). The van der Waals surface area contributed by atoms with E-state index in [0.717, 1.165) is 11.6 Å². The molecular weight excluding hydrogens is 377 g/mol. The monoisotopic (exact) mass is 391 g/mol. The Bertz CT molecular complexity index is 1120. The van der Waals surface area contributed by atoms with Crippen molar-refractivity contribution in [2.24, 2.45) is 0 Å². The van der Waals surface area contributed by atoms with Crippen LogP contribution in [0.15, 0.2) is 72.8 Å². The Morgan fingerprint density at radius 3 is 2.57 bits per heavy atom. The fourth-order valence-electron chi connectivity index (χ4n) is 3.23. The molecule has 0 bridgehead atoms. The lowest BCUT2D eigenvalue weighted by Crippen LogP contribution is -2.39. The molecule has 5 heteroatoms. The third-order valence-corrected chi connectivity index (χ3v) is 4.82. The van der Waals surface area contributed by atoms with Crippen molar-refractivity contribution in [1.82, 2.24) is 0 Å². The second-order valence-electron chi connectivity index (χ2n) is 6.51. The van der Waals surface area contributed by atoms with Gasteiger partial charge in [-0.25, -0.2) is 4.39 Å². The Kier molecular flexibility index (Phi) is 4.64. The first kappa shape index (κ1) is 18.2. The molecule has 0 fully saturated rings. The van der Waals surface area contributed by atoms with Crippen molar-refractivity contribution in [2.45, 2.75) is 12.1 Å². The number of nitrogens with zero attached hydrogens (tertiary/aromatic N) is 1. The molecular formula is C23H15ClFNO2. The van der Waals surface area contributed by atoms with Crippen LogP contribution in [0.1, 0.15) is 16.7 Å². The molecule has 138 valence electrons. The van der Waals surface area contributed by atoms with Gasteiger partial charge in [0.25, 0.3) is 5.91 Å². The number of aliphatic hydroxyl groups is 1. The van der Waals surface area contributed by atoms with E-state index in [1.54, 1.807) is 24.3 Å². The molecule has 3 aromatic carbocycles. The molecule has 1 aliphatic rings. The molecule has 1 amide bonds. The summed E-state index contributed by atoms with van der Waals surface area (Å²) in [5, 5.41) is 11.6. The number of benzene rings is 3. The van der Waals surface area contributed by atoms with Crippen LogP contribution < -0.4 is 4.90 Å². The molecule has 0 saturated carbocycles. The normalized spacial score (nSPS) is 17.8. The van der Waals surface area contributed by atoms with Gasteiger partial charge < -0.3 is 10.0 Å². The van der Waals surface area contributed by atoms with Crippen molar-refractivity contribution in [2.75, 3.05) is 4.90 Å². The number of hydrogen-bond acceptors (Lipinski definition) is 2. The van der Waals surface area contributed by atoms with Gasteiger partial charge in [-0.15, -0.1) is 0 Å². The third-order valence-electron chi connectivity index (χ3n) is 4.59. The van der Waals surface area contributed by atoms with Crippen molar-refractivity contribution in [1.29, 1.82) is 0 Å². The lowest BCUT2D eigenvalue weighted by Gasteiger charge is -2.19. The average molecular weight is 392 g/mol. The quantitative estimate of drug-likeness (QED) is 0.663. The molecule has 0 saturated heterocycles. The Balaban J connectivity index is 1.78. The van der Waals surface area contributed by atoms with E-state index in [1.807, 2.05) is 30.3 Å². The molecule has 0 aliphatic carbocycles. The molecule has 0 radical (unpaired) electrons. The highest BCUT2D eigenvalue weighted by Gasteiger charge is 2.49. The van der Waals surface area contributed by atoms with Crippen LogP contribution >= 0.6 is 11.6 Å². The highest BCUT2D eigenvalue weighted by molar-refractivity contribution is 6.30. The largest absolute Gasteiger partial charge is 0.366 e. The summed E-state index contributed by atoms with van der Waals surface area (Å²) in [5.41, 5.74) is -0.110. The fraction of sp³-hybridized carbons (Fsp3) is 0.0870. The van der Waals surface area contributed by atoms with Gasteiger partial charge in [-0.05, 0) is 47.9 Å². The SMILES string of the molecule is O=C1N(Cc2ccccc2)c2ccc(F)cc2[C@@]1(O)C#Cc1cccc(Cl)c1. The first-order valence-electron chi connectivity index (χ1n) is 8.64. The van der Waals surface area contributed by atoms with Gasteiger partial charge in [-0.3, -0.25) is 4.79 Å². The van der Waals surface area contributed by atoms with Crippen molar-refractivity contribution in [3.05, 3.63) is 100 Å². The maximum absolute atomic E-state index is 13.9. The van der Waals surface area contributed by atoms with Crippen LogP contribution in [0.2, 0.25) is 5.02 Å². The van der Waals surface area contributed by atoms with E-state index >= 15 is 0 Å². The van der Waals surface area contributed by atoms with E-state index < -0.39 is 17.3 Å². The minimum absolute atomic E-state index is 0.142. The van der Waals surface area contributed by atoms with Crippen LogP contribution in [-0.2, 0) is 16.9 Å². The number of hydrogen-bond donors (Lipinski definition) is 1. The van der Waals surface area contributed by atoms with Crippen molar-refractivity contribution in [3.8, 4) is 11.8 Å². The topological polar surface area (TPSA) is 40.5 Å². The highest BCUT2D eigenvalue weighted by atomic mass is 35.5. The molecule has 1 heterocycles. The van der Waals surface area contributed by atoms with Crippen molar-refractivity contribution < 1.29 is 14.3 Å². The summed E-state index contributed by atoms with van der Waals surface area (Å²) in [5.74, 6) is 4.28. The molecule has 0 aromatic heterocycles. The smallest absolute Gasteiger partial charge is 0.276 e. The third kappa shape index (κ3) is 3.27. The summed E-state index contributed by atoms with van der Waals surface area (Å²) in [6.45, 7) is 0.249. The number of anilines is 1. The number of fused-ring (bicyclic) bond motifs is 1. The molecule has 0 spiro atoms. The van der Waals surface area contributed by atoms with Crippen molar-refractivity contribution >= 4 is 23.2 Å². The molecule has 3 nitrogen and oxygen atoms in total. The van der Waals surface area contributed by atoms with Crippen LogP contribution in [-0.4, -0.2) is 11.0 Å². The summed E-state index contributed by atoms with van der Waals surface area (Å²) >= 11 is 5.96. The minimum Gasteiger partial charge on any atom is -0.366 e. The van der Waals surface area contributed by atoms with Crippen LogP contribution in [0.25, 0.3) is 0 Å². The zero-order valence-electron chi connectivity index (χ0n) is 14.7. The molecule has 1 N–H and O–H groups in total. The van der Waals surface area contributed by atoms with E-state index in [-0.39, 0.29) is 12.1 Å². The molecule has 3 aromatic rings. The maximum atomic E-state index is 13.9. The standard InChI is InChI=1S/C23H15ClFNO2/c24-18-8-4-7-16(13-18)11-12-23(28)20-14-19(25)9-10-21(20)26(22(23)27)15-17-5-2-1-3-6-17/h1-10,13-14,28H,15H2/t23-/m0/s1. The van der Waals surface area contributed by atoms with Gasteiger partial charge in [0.2, 0.25) is 5.60 Å². The summed E-state index contributed by atoms with van der Waals surface area (Å²) in [6, 6.07) is 20.1. The fourth-order valence-corrected chi connectivity index (χ4v) is 3.42. The van der Waals surface area contributed by atoms with Gasteiger partial charge in [0, 0.05) is 16.1 Å². The summed E-state index contributed by atoms with van der Waals surface area (Å²) in [7, 11) is 0. The van der Waals surface area contributed by atoms with Gasteiger partial charge in [-0.1, -0.05) is 53.9 Å². The minimum atomic E-state index is -2.13. The van der Waals surface area contributed by atoms with E-state index in [9.17, 15) is 14.3 Å². The molecule has 1 atom stereocenters.